The Bertz CT molecular complexity index is 1250. The first-order valence-electron chi connectivity index (χ1n) is 14.1. The number of aromatic hydroxyl groups is 1. The molecule has 1 amide bonds. The molecular formula is C31H42N4O3. The normalized spacial score (nSPS) is 14.1. The Hall–Kier alpha value is -3.16. The highest BCUT2D eigenvalue weighted by Gasteiger charge is 2.24. The summed E-state index contributed by atoms with van der Waals surface area (Å²) in [5, 5.41) is 17.9. The summed E-state index contributed by atoms with van der Waals surface area (Å²) in [6.45, 7) is 5.92. The third kappa shape index (κ3) is 7.92. The van der Waals surface area contributed by atoms with E-state index < -0.39 is 0 Å². The van der Waals surface area contributed by atoms with Crippen LogP contribution in [-0.2, 0) is 17.6 Å². The number of rotatable bonds is 13. The van der Waals surface area contributed by atoms with E-state index in [4.69, 9.17) is 0 Å². The fraction of sp³-hybridized carbons (Fsp3) is 0.484. The Kier molecular flexibility index (Phi) is 10.4. The molecule has 0 unspecified atom stereocenters. The van der Waals surface area contributed by atoms with Gasteiger partial charge in [0.1, 0.15) is 5.75 Å². The van der Waals surface area contributed by atoms with Gasteiger partial charge in [-0.25, -0.2) is 0 Å². The maximum atomic E-state index is 13.2. The number of hydrogen-bond donors (Lipinski definition) is 4. The lowest BCUT2D eigenvalue weighted by Gasteiger charge is -2.34. The van der Waals surface area contributed by atoms with Gasteiger partial charge < -0.3 is 25.6 Å². The second-order valence-electron chi connectivity index (χ2n) is 10.5. The molecule has 0 radical (unpaired) electrons. The number of amides is 1. The van der Waals surface area contributed by atoms with E-state index in [9.17, 15) is 14.7 Å². The van der Waals surface area contributed by atoms with Crippen LogP contribution < -0.4 is 16.2 Å². The maximum Gasteiger partial charge on any atom is 0.248 e. The van der Waals surface area contributed by atoms with E-state index in [1.807, 2.05) is 6.07 Å². The molecule has 1 aliphatic rings. The zero-order valence-electron chi connectivity index (χ0n) is 22.6. The van der Waals surface area contributed by atoms with Crippen LogP contribution in [0.3, 0.4) is 0 Å². The van der Waals surface area contributed by atoms with Crippen molar-refractivity contribution in [3.05, 3.63) is 75.6 Å². The van der Waals surface area contributed by atoms with Gasteiger partial charge in [0.2, 0.25) is 11.5 Å². The van der Waals surface area contributed by atoms with Gasteiger partial charge >= 0.3 is 0 Å². The Morgan fingerprint density at radius 2 is 1.76 bits per heavy atom. The number of aromatic amines is 1. The van der Waals surface area contributed by atoms with Gasteiger partial charge in [0.15, 0.2) is 0 Å². The molecular weight excluding hydrogens is 476 g/mol. The maximum absolute atomic E-state index is 13.2. The predicted octanol–water partition coefficient (Wildman–Crippen LogP) is 4.06. The first-order chi connectivity index (χ1) is 18.5. The molecule has 1 aliphatic carbocycles. The number of phenols is 1. The number of benzene rings is 2. The molecule has 1 saturated carbocycles. The molecule has 0 aliphatic heterocycles. The van der Waals surface area contributed by atoms with E-state index in [1.54, 1.807) is 12.1 Å². The second-order valence-corrected chi connectivity index (χ2v) is 10.5. The highest BCUT2D eigenvalue weighted by atomic mass is 16.3. The number of aromatic nitrogens is 1. The molecule has 1 heterocycles. The predicted molar refractivity (Wildman–Crippen MR) is 154 cm³/mol. The summed E-state index contributed by atoms with van der Waals surface area (Å²) in [6, 6.07) is 15.7. The van der Waals surface area contributed by atoms with Gasteiger partial charge in [0, 0.05) is 43.5 Å². The lowest BCUT2D eigenvalue weighted by atomic mass is 9.94. The molecule has 0 spiro atoms. The standard InChI is InChI=1S/C31H42N4O3/c1-23-6-5-7-24(22-23)14-17-32-19-16-30(38)35(26-8-3-2-4-9-26)21-20-33-18-15-25-10-12-28(36)31-27(25)11-13-29(37)34-31/h5-7,10-13,22,26,32-33,36H,2-4,8-9,14-21H2,1H3,(H,34,37). The number of fused-ring (bicyclic) bond motifs is 1. The zero-order chi connectivity index (χ0) is 26.7. The lowest BCUT2D eigenvalue weighted by Crippen LogP contribution is -2.45. The minimum atomic E-state index is -0.225. The highest BCUT2D eigenvalue weighted by Crippen LogP contribution is 2.25. The molecule has 1 aromatic heterocycles. The summed E-state index contributed by atoms with van der Waals surface area (Å²) < 4.78 is 0. The number of aryl methyl sites for hydroxylation is 1. The highest BCUT2D eigenvalue weighted by molar-refractivity contribution is 5.87. The molecule has 204 valence electrons. The molecule has 38 heavy (non-hydrogen) atoms. The van der Waals surface area contributed by atoms with Crippen molar-refractivity contribution in [2.45, 2.75) is 64.3 Å². The SMILES string of the molecule is Cc1cccc(CCNCCC(=O)N(CCNCCc2ccc(O)c3[nH]c(=O)ccc23)C2CCCCC2)c1. The third-order valence-electron chi connectivity index (χ3n) is 7.59. The number of carbonyl (C=O) groups is 1. The van der Waals surface area contributed by atoms with E-state index in [1.165, 1.54) is 36.5 Å². The monoisotopic (exact) mass is 518 g/mol. The Balaban J connectivity index is 1.23. The summed E-state index contributed by atoms with van der Waals surface area (Å²) in [5.74, 6) is 0.330. The Morgan fingerprint density at radius 1 is 0.974 bits per heavy atom. The summed E-state index contributed by atoms with van der Waals surface area (Å²) in [7, 11) is 0. The Morgan fingerprint density at radius 3 is 2.58 bits per heavy atom. The summed E-state index contributed by atoms with van der Waals surface area (Å²) in [4.78, 5) is 29.7. The van der Waals surface area contributed by atoms with Gasteiger partial charge in [-0.3, -0.25) is 9.59 Å². The van der Waals surface area contributed by atoms with Gasteiger partial charge in [0.25, 0.3) is 0 Å². The topological polar surface area (TPSA) is 97.5 Å². The van der Waals surface area contributed by atoms with Gasteiger partial charge in [-0.05, 0) is 69.0 Å². The number of nitrogens with zero attached hydrogens (tertiary/aromatic N) is 1. The van der Waals surface area contributed by atoms with Crippen LogP contribution in [0.25, 0.3) is 10.9 Å². The van der Waals surface area contributed by atoms with Gasteiger partial charge in [0.05, 0.1) is 5.52 Å². The number of phenolic OH excluding ortho intramolecular Hbond substituents is 1. The Labute approximate surface area is 225 Å². The molecule has 0 atom stereocenters. The zero-order valence-corrected chi connectivity index (χ0v) is 22.6. The van der Waals surface area contributed by atoms with Crippen LogP contribution in [0.2, 0.25) is 0 Å². The lowest BCUT2D eigenvalue weighted by molar-refractivity contribution is -0.134. The first kappa shape index (κ1) is 27.9. The first-order valence-corrected chi connectivity index (χ1v) is 14.1. The van der Waals surface area contributed by atoms with Crippen LogP contribution in [0.15, 0.2) is 53.3 Å². The number of nitrogens with one attached hydrogen (secondary N) is 3. The molecule has 3 aromatic rings. The molecule has 0 bridgehead atoms. The number of pyridine rings is 1. The van der Waals surface area contributed by atoms with Gasteiger partial charge in [-0.15, -0.1) is 0 Å². The smallest absolute Gasteiger partial charge is 0.248 e. The average Bonchev–Trinajstić information content (AvgIpc) is 2.92. The second kappa shape index (κ2) is 14.1. The van der Waals surface area contributed by atoms with Gasteiger partial charge in [-0.2, -0.15) is 0 Å². The van der Waals surface area contributed by atoms with Crippen LogP contribution in [-0.4, -0.2) is 59.7 Å². The third-order valence-corrected chi connectivity index (χ3v) is 7.59. The van der Waals surface area contributed by atoms with E-state index in [-0.39, 0.29) is 17.2 Å². The fourth-order valence-corrected chi connectivity index (χ4v) is 5.53. The minimum Gasteiger partial charge on any atom is -0.506 e. The summed E-state index contributed by atoms with van der Waals surface area (Å²) >= 11 is 0. The molecule has 2 aromatic carbocycles. The van der Waals surface area contributed by atoms with Crippen molar-refractivity contribution in [1.29, 1.82) is 0 Å². The molecule has 7 heteroatoms. The van der Waals surface area contributed by atoms with Crippen LogP contribution in [0.5, 0.6) is 5.75 Å². The molecule has 4 N–H and O–H groups in total. The van der Waals surface area contributed by atoms with Crippen LogP contribution in [0.1, 0.15) is 55.2 Å². The van der Waals surface area contributed by atoms with Crippen molar-refractivity contribution >= 4 is 16.8 Å². The van der Waals surface area contributed by atoms with Gasteiger partial charge in [-0.1, -0.05) is 55.2 Å². The largest absolute Gasteiger partial charge is 0.506 e. The number of carbonyl (C=O) groups excluding carboxylic acids is 1. The van der Waals surface area contributed by atoms with E-state index >= 15 is 0 Å². The van der Waals surface area contributed by atoms with Crippen molar-refractivity contribution < 1.29 is 9.90 Å². The van der Waals surface area contributed by atoms with E-state index in [0.717, 1.165) is 62.8 Å². The number of H-pyrrole nitrogens is 1. The van der Waals surface area contributed by atoms with Crippen molar-refractivity contribution in [2.75, 3.05) is 32.7 Å². The van der Waals surface area contributed by atoms with Crippen molar-refractivity contribution in [3.63, 3.8) is 0 Å². The van der Waals surface area contributed by atoms with E-state index in [0.29, 0.717) is 24.5 Å². The summed E-state index contributed by atoms with van der Waals surface area (Å²) in [5.41, 5.74) is 3.93. The fourth-order valence-electron chi connectivity index (χ4n) is 5.53. The quantitative estimate of drug-likeness (QED) is 0.256. The average molecular weight is 519 g/mol. The van der Waals surface area contributed by atoms with Crippen molar-refractivity contribution in [3.8, 4) is 5.75 Å². The molecule has 7 nitrogen and oxygen atoms in total. The van der Waals surface area contributed by atoms with Crippen LogP contribution >= 0.6 is 0 Å². The van der Waals surface area contributed by atoms with Crippen molar-refractivity contribution in [1.82, 2.24) is 20.5 Å². The molecule has 0 saturated heterocycles. The molecule has 1 fully saturated rings. The minimum absolute atomic E-state index is 0.0840. The van der Waals surface area contributed by atoms with E-state index in [2.05, 4.69) is 51.7 Å². The number of hydrogen-bond acceptors (Lipinski definition) is 5. The van der Waals surface area contributed by atoms with Crippen LogP contribution in [0, 0.1) is 6.92 Å². The van der Waals surface area contributed by atoms with Crippen molar-refractivity contribution in [2.24, 2.45) is 0 Å². The molecule has 4 rings (SSSR count). The summed E-state index contributed by atoms with van der Waals surface area (Å²) in [6.07, 6.45) is 8.14. The van der Waals surface area contributed by atoms with Crippen LogP contribution in [0.4, 0.5) is 0 Å².